The van der Waals surface area contributed by atoms with Crippen molar-refractivity contribution in [2.24, 2.45) is 0 Å². The van der Waals surface area contributed by atoms with Crippen LogP contribution in [-0.2, 0) is 33.7 Å². The molecule has 1 aromatic heterocycles. The Bertz CT molecular complexity index is 677. The van der Waals surface area contributed by atoms with Gasteiger partial charge >= 0.3 is 5.97 Å². The number of carbonyl (C=O) groups excluding carboxylic acids is 2. The number of nitrogens with one attached hydrogen (secondary N) is 1. The molecular weight excluding hydrogens is 352 g/mol. The van der Waals surface area contributed by atoms with Gasteiger partial charge in [-0.15, -0.1) is 11.3 Å². The number of esters is 1. The van der Waals surface area contributed by atoms with Crippen LogP contribution in [0.4, 0.5) is 0 Å². The summed E-state index contributed by atoms with van der Waals surface area (Å²) in [5, 5.41) is 1.98. The molecule has 0 bridgehead atoms. The van der Waals surface area contributed by atoms with Gasteiger partial charge in [0.25, 0.3) is 0 Å². The number of hydrogen-bond acceptors (Lipinski definition) is 6. The molecule has 1 fully saturated rings. The zero-order valence-corrected chi connectivity index (χ0v) is 16.7. The topological polar surface area (TPSA) is 67.9 Å². The van der Waals surface area contributed by atoms with Gasteiger partial charge in [0.15, 0.2) is 0 Å². The van der Waals surface area contributed by atoms with Crippen LogP contribution >= 0.6 is 11.3 Å². The van der Waals surface area contributed by atoms with Crippen molar-refractivity contribution in [2.75, 3.05) is 19.7 Å². The number of amides is 1. The van der Waals surface area contributed by atoms with E-state index in [1.807, 2.05) is 18.9 Å². The lowest BCUT2D eigenvalue weighted by Crippen LogP contribution is -2.45. The smallest absolute Gasteiger partial charge is 0.339 e. The van der Waals surface area contributed by atoms with Crippen LogP contribution in [0.25, 0.3) is 0 Å². The second-order valence-corrected chi connectivity index (χ2v) is 8.70. The summed E-state index contributed by atoms with van der Waals surface area (Å²) in [6.07, 6.45) is 4.28. The van der Waals surface area contributed by atoms with Gasteiger partial charge in [-0.1, -0.05) is 6.42 Å². The SMILES string of the molecule is CCOC(=O)c1c(CC(=O)NN2CCCCC2)sc2c1CC(C)(C)OC2. The minimum absolute atomic E-state index is 0.0729. The summed E-state index contributed by atoms with van der Waals surface area (Å²) in [5.74, 6) is -0.403. The van der Waals surface area contributed by atoms with Crippen LogP contribution in [0.1, 0.15) is 65.7 Å². The van der Waals surface area contributed by atoms with Gasteiger partial charge in [-0.3, -0.25) is 10.2 Å². The molecule has 0 atom stereocenters. The van der Waals surface area contributed by atoms with E-state index in [0.717, 1.165) is 41.2 Å². The third-order valence-electron chi connectivity index (χ3n) is 4.80. The lowest BCUT2D eigenvalue weighted by atomic mass is 9.92. The summed E-state index contributed by atoms with van der Waals surface area (Å²) < 4.78 is 11.2. The molecule has 1 aromatic rings. The molecule has 1 N–H and O–H groups in total. The molecule has 0 spiro atoms. The van der Waals surface area contributed by atoms with Gasteiger partial charge in [-0.05, 0) is 39.2 Å². The van der Waals surface area contributed by atoms with Crippen molar-refractivity contribution in [3.63, 3.8) is 0 Å². The molecular formula is C19H28N2O4S. The normalized spacial score (nSPS) is 19.7. The average Bonchev–Trinajstić information content (AvgIpc) is 2.91. The van der Waals surface area contributed by atoms with Crippen molar-refractivity contribution in [2.45, 2.75) is 65.1 Å². The Morgan fingerprint density at radius 1 is 1.27 bits per heavy atom. The van der Waals surface area contributed by atoms with Crippen LogP contribution in [0, 0.1) is 0 Å². The van der Waals surface area contributed by atoms with Crippen molar-refractivity contribution in [3.05, 3.63) is 20.9 Å². The minimum Gasteiger partial charge on any atom is -0.462 e. The first-order valence-corrected chi connectivity index (χ1v) is 10.2. The molecule has 144 valence electrons. The maximum Gasteiger partial charge on any atom is 0.339 e. The van der Waals surface area contributed by atoms with Gasteiger partial charge in [0.2, 0.25) is 5.91 Å². The third-order valence-corrected chi connectivity index (χ3v) is 6.01. The summed E-state index contributed by atoms with van der Waals surface area (Å²) >= 11 is 1.50. The molecule has 1 saturated heterocycles. The van der Waals surface area contributed by atoms with E-state index in [4.69, 9.17) is 9.47 Å². The standard InChI is InChI=1S/C19H28N2O4S/c1-4-24-18(23)17-13-11-19(2,3)25-12-15(13)26-14(17)10-16(22)20-21-8-6-5-7-9-21/h4-12H2,1-3H3,(H,20,22). The van der Waals surface area contributed by atoms with Crippen molar-refractivity contribution < 1.29 is 19.1 Å². The van der Waals surface area contributed by atoms with Crippen LogP contribution in [0.2, 0.25) is 0 Å². The lowest BCUT2D eigenvalue weighted by molar-refractivity contribution is -0.125. The fourth-order valence-corrected chi connectivity index (χ4v) is 4.77. The number of rotatable bonds is 5. The molecule has 0 aromatic carbocycles. The Balaban J connectivity index is 1.80. The van der Waals surface area contributed by atoms with Gasteiger partial charge in [0, 0.05) is 29.3 Å². The Morgan fingerprint density at radius 2 is 2.00 bits per heavy atom. The van der Waals surface area contributed by atoms with Crippen molar-refractivity contribution >= 4 is 23.2 Å². The van der Waals surface area contributed by atoms with Gasteiger partial charge in [-0.25, -0.2) is 9.80 Å². The van der Waals surface area contributed by atoms with Crippen LogP contribution in [0.3, 0.4) is 0 Å². The molecule has 0 radical (unpaired) electrons. The molecule has 2 aliphatic rings. The number of piperidine rings is 1. The highest BCUT2D eigenvalue weighted by atomic mass is 32.1. The average molecular weight is 381 g/mol. The first-order valence-electron chi connectivity index (χ1n) is 9.38. The fourth-order valence-electron chi connectivity index (χ4n) is 3.54. The number of ether oxygens (including phenoxy) is 2. The number of carbonyl (C=O) groups is 2. The van der Waals surface area contributed by atoms with Crippen LogP contribution < -0.4 is 5.43 Å². The van der Waals surface area contributed by atoms with Crippen LogP contribution in [0.5, 0.6) is 0 Å². The van der Waals surface area contributed by atoms with Crippen molar-refractivity contribution in [1.82, 2.24) is 10.4 Å². The number of fused-ring (bicyclic) bond motifs is 1. The molecule has 1 amide bonds. The highest BCUT2D eigenvalue weighted by Crippen LogP contribution is 2.38. The monoisotopic (exact) mass is 380 g/mol. The maximum absolute atomic E-state index is 12.6. The third kappa shape index (κ3) is 4.45. The second-order valence-electron chi connectivity index (χ2n) is 7.51. The number of hydrogen-bond donors (Lipinski definition) is 1. The maximum atomic E-state index is 12.6. The van der Waals surface area contributed by atoms with Gasteiger partial charge in [0.05, 0.1) is 30.8 Å². The van der Waals surface area contributed by atoms with Crippen LogP contribution in [-0.4, -0.2) is 42.2 Å². The molecule has 0 aliphatic carbocycles. The first kappa shape index (κ1) is 19.3. The summed E-state index contributed by atoms with van der Waals surface area (Å²) in [4.78, 5) is 26.9. The zero-order chi connectivity index (χ0) is 18.7. The van der Waals surface area contributed by atoms with E-state index in [0.29, 0.717) is 25.2 Å². The van der Waals surface area contributed by atoms with Crippen LogP contribution in [0.15, 0.2) is 0 Å². The summed E-state index contributed by atoms with van der Waals surface area (Å²) in [6, 6.07) is 0. The molecule has 0 unspecified atom stereocenters. The summed E-state index contributed by atoms with van der Waals surface area (Å²) in [5.41, 5.74) is 4.23. The quantitative estimate of drug-likeness (QED) is 0.796. The molecule has 3 heterocycles. The largest absolute Gasteiger partial charge is 0.462 e. The molecule has 2 aliphatic heterocycles. The second kappa shape index (κ2) is 8.06. The molecule has 7 heteroatoms. The highest BCUT2D eigenvalue weighted by molar-refractivity contribution is 7.12. The fraction of sp³-hybridized carbons (Fsp3) is 0.684. The van der Waals surface area contributed by atoms with Gasteiger partial charge < -0.3 is 9.47 Å². The molecule has 0 saturated carbocycles. The van der Waals surface area contributed by atoms with E-state index < -0.39 is 0 Å². The predicted octanol–water partition coefficient (Wildman–Crippen LogP) is 2.84. The molecule has 26 heavy (non-hydrogen) atoms. The number of nitrogens with zero attached hydrogens (tertiary/aromatic N) is 1. The zero-order valence-electron chi connectivity index (χ0n) is 15.9. The molecule has 3 rings (SSSR count). The Hall–Kier alpha value is -1.44. The van der Waals surface area contributed by atoms with E-state index in [1.165, 1.54) is 17.8 Å². The Labute approximate surface area is 158 Å². The molecule has 6 nitrogen and oxygen atoms in total. The number of hydrazine groups is 1. The Morgan fingerprint density at radius 3 is 2.69 bits per heavy atom. The Kier molecular flexibility index (Phi) is 5.99. The van der Waals surface area contributed by atoms with Gasteiger partial charge in [0.1, 0.15) is 0 Å². The van der Waals surface area contributed by atoms with Gasteiger partial charge in [-0.2, -0.15) is 0 Å². The first-order chi connectivity index (χ1) is 12.4. The minimum atomic E-state index is -0.330. The van der Waals surface area contributed by atoms with E-state index in [9.17, 15) is 9.59 Å². The van der Waals surface area contributed by atoms with E-state index in [-0.39, 0.29) is 23.9 Å². The highest BCUT2D eigenvalue weighted by Gasteiger charge is 2.34. The van der Waals surface area contributed by atoms with E-state index in [2.05, 4.69) is 5.43 Å². The summed E-state index contributed by atoms with van der Waals surface area (Å²) in [6.45, 7) is 8.41. The van der Waals surface area contributed by atoms with E-state index in [1.54, 1.807) is 6.92 Å². The van der Waals surface area contributed by atoms with E-state index >= 15 is 0 Å². The van der Waals surface area contributed by atoms with Crippen molar-refractivity contribution in [3.8, 4) is 0 Å². The lowest BCUT2D eigenvalue weighted by Gasteiger charge is -2.30. The number of thiophene rings is 1. The van der Waals surface area contributed by atoms with Crippen molar-refractivity contribution in [1.29, 1.82) is 0 Å². The summed E-state index contributed by atoms with van der Waals surface area (Å²) in [7, 11) is 0. The predicted molar refractivity (Wildman–Crippen MR) is 100 cm³/mol.